The van der Waals surface area contributed by atoms with Crippen molar-refractivity contribution in [3.8, 4) is 0 Å². The van der Waals surface area contributed by atoms with Crippen LogP contribution in [0.2, 0.25) is 0 Å². The molecule has 0 radical (unpaired) electrons. The molecule has 1 aromatic carbocycles. The van der Waals surface area contributed by atoms with Gasteiger partial charge in [-0.15, -0.1) is 0 Å². The number of rotatable bonds is 3. The molecule has 3 heteroatoms. The number of thiophene rings is 1. The van der Waals surface area contributed by atoms with Gasteiger partial charge < -0.3 is 5.32 Å². The van der Waals surface area contributed by atoms with Crippen molar-refractivity contribution in [2.45, 2.75) is 24.8 Å². The Morgan fingerprint density at radius 3 is 3.00 bits per heavy atom. The third-order valence-electron chi connectivity index (χ3n) is 3.47. The van der Waals surface area contributed by atoms with Gasteiger partial charge in [0.05, 0.1) is 0 Å². The molecule has 0 bridgehead atoms. The molecule has 1 aliphatic heterocycles. The van der Waals surface area contributed by atoms with Crippen LogP contribution in [0.5, 0.6) is 0 Å². The molecule has 1 nitrogen and oxygen atoms in total. The quantitative estimate of drug-likeness (QED) is 0.891. The maximum absolute atomic E-state index is 3.76. The predicted molar refractivity (Wildman–Crippen MR) is 81.2 cm³/mol. The van der Waals surface area contributed by atoms with E-state index in [1.54, 1.807) is 11.3 Å². The van der Waals surface area contributed by atoms with Crippen LogP contribution >= 0.6 is 23.1 Å². The van der Waals surface area contributed by atoms with Crippen molar-refractivity contribution < 1.29 is 0 Å². The Bertz CT molecular complexity index is 507. The fourth-order valence-corrected chi connectivity index (χ4v) is 4.31. The molecule has 0 fully saturated rings. The molecule has 18 heavy (non-hydrogen) atoms. The summed E-state index contributed by atoms with van der Waals surface area (Å²) in [6, 6.07) is 11.9. The molecular weight excluding hydrogens is 258 g/mol. The molecule has 2 unspecified atom stereocenters. The van der Waals surface area contributed by atoms with E-state index in [2.05, 4.69) is 53.3 Å². The number of hydrogen-bond donors (Lipinski definition) is 1. The molecule has 2 atom stereocenters. The van der Waals surface area contributed by atoms with Crippen LogP contribution < -0.4 is 5.32 Å². The van der Waals surface area contributed by atoms with Crippen LogP contribution in [-0.2, 0) is 5.75 Å². The monoisotopic (exact) mass is 275 g/mol. The molecule has 2 heterocycles. The van der Waals surface area contributed by atoms with Gasteiger partial charge in [0.15, 0.2) is 0 Å². The standard InChI is InChI=1S/C15H17NS2/c1-11(12-6-7-17-8-12)16-15-10-18-9-13-4-2-3-5-14(13)15/h2-8,11,15-16H,9-10H2,1H3. The van der Waals surface area contributed by atoms with Crippen molar-refractivity contribution in [1.82, 2.24) is 5.32 Å². The molecule has 1 N–H and O–H groups in total. The lowest BCUT2D eigenvalue weighted by atomic mass is 10.0. The van der Waals surface area contributed by atoms with Gasteiger partial charge in [0.2, 0.25) is 0 Å². The Hall–Kier alpha value is -0.770. The van der Waals surface area contributed by atoms with Crippen molar-refractivity contribution in [3.63, 3.8) is 0 Å². The van der Waals surface area contributed by atoms with Crippen molar-refractivity contribution in [1.29, 1.82) is 0 Å². The fourth-order valence-electron chi connectivity index (χ4n) is 2.44. The Morgan fingerprint density at radius 1 is 1.28 bits per heavy atom. The van der Waals surface area contributed by atoms with E-state index in [0.29, 0.717) is 12.1 Å². The minimum atomic E-state index is 0.424. The molecule has 3 rings (SSSR count). The first-order valence-corrected chi connectivity index (χ1v) is 8.38. The second-order valence-electron chi connectivity index (χ2n) is 4.71. The Labute approximate surface area is 117 Å². The highest BCUT2D eigenvalue weighted by Gasteiger charge is 2.21. The van der Waals surface area contributed by atoms with E-state index in [1.807, 2.05) is 11.8 Å². The lowest BCUT2D eigenvalue weighted by molar-refractivity contribution is 0.496. The Kier molecular flexibility index (Phi) is 3.73. The molecule has 0 amide bonds. The molecule has 94 valence electrons. The van der Waals surface area contributed by atoms with E-state index < -0.39 is 0 Å². The van der Waals surface area contributed by atoms with E-state index in [1.165, 1.54) is 22.4 Å². The van der Waals surface area contributed by atoms with E-state index >= 15 is 0 Å². The van der Waals surface area contributed by atoms with Gasteiger partial charge in [-0.2, -0.15) is 23.1 Å². The summed E-state index contributed by atoms with van der Waals surface area (Å²) in [5, 5.41) is 8.15. The summed E-state index contributed by atoms with van der Waals surface area (Å²) in [5.41, 5.74) is 4.37. The highest BCUT2D eigenvalue weighted by molar-refractivity contribution is 7.98. The summed E-state index contributed by atoms with van der Waals surface area (Å²) in [7, 11) is 0. The highest BCUT2D eigenvalue weighted by atomic mass is 32.2. The van der Waals surface area contributed by atoms with Crippen LogP contribution in [0.25, 0.3) is 0 Å². The Balaban J connectivity index is 1.78. The fraction of sp³-hybridized carbons (Fsp3) is 0.333. The second-order valence-corrected chi connectivity index (χ2v) is 6.52. The van der Waals surface area contributed by atoms with Gasteiger partial charge in [0.25, 0.3) is 0 Å². The van der Waals surface area contributed by atoms with E-state index in [4.69, 9.17) is 0 Å². The van der Waals surface area contributed by atoms with Crippen molar-refractivity contribution in [2.75, 3.05) is 5.75 Å². The molecule has 1 aromatic heterocycles. The highest BCUT2D eigenvalue weighted by Crippen LogP contribution is 2.33. The van der Waals surface area contributed by atoms with Crippen LogP contribution in [0.15, 0.2) is 41.1 Å². The van der Waals surface area contributed by atoms with Crippen LogP contribution in [0, 0.1) is 0 Å². The summed E-state index contributed by atoms with van der Waals surface area (Å²) in [5.74, 6) is 2.33. The number of hydrogen-bond acceptors (Lipinski definition) is 3. The minimum Gasteiger partial charge on any atom is -0.303 e. The third kappa shape index (κ3) is 2.48. The molecule has 1 aliphatic rings. The molecule has 2 aromatic rings. The summed E-state index contributed by atoms with van der Waals surface area (Å²) >= 11 is 3.80. The van der Waals surface area contributed by atoms with Crippen LogP contribution in [0.4, 0.5) is 0 Å². The van der Waals surface area contributed by atoms with Crippen molar-refractivity contribution in [2.24, 2.45) is 0 Å². The second kappa shape index (κ2) is 5.47. The van der Waals surface area contributed by atoms with Gasteiger partial charge in [-0.1, -0.05) is 24.3 Å². The van der Waals surface area contributed by atoms with Gasteiger partial charge in [0, 0.05) is 23.6 Å². The maximum atomic E-state index is 3.76. The van der Waals surface area contributed by atoms with Crippen LogP contribution in [-0.4, -0.2) is 5.75 Å². The van der Waals surface area contributed by atoms with Crippen molar-refractivity contribution in [3.05, 3.63) is 57.8 Å². The first-order chi connectivity index (χ1) is 8.84. The number of nitrogens with one attached hydrogen (secondary N) is 1. The third-order valence-corrected chi connectivity index (χ3v) is 5.25. The van der Waals surface area contributed by atoms with E-state index in [0.717, 1.165) is 5.75 Å². The van der Waals surface area contributed by atoms with Gasteiger partial charge in [-0.25, -0.2) is 0 Å². The van der Waals surface area contributed by atoms with Crippen LogP contribution in [0.1, 0.15) is 35.7 Å². The summed E-state index contributed by atoms with van der Waals surface area (Å²) < 4.78 is 0. The largest absolute Gasteiger partial charge is 0.303 e. The molecule has 0 saturated carbocycles. The lowest BCUT2D eigenvalue weighted by Crippen LogP contribution is -2.28. The van der Waals surface area contributed by atoms with Gasteiger partial charge >= 0.3 is 0 Å². The summed E-state index contributed by atoms with van der Waals surface area (Å²) in [6.45, 7) is 2.25. The minimum absolute atomic E-state index is 0.424. The van der Waals surface area contributed by atoms with E-state index in [-0.39, 0.29) is 0 Å². The van der Waals surface area contributed by atoms with Gasteiger partial charge in [-0.05, 0) is 40.4 Å². The summed E-state index contributed by atoms with van der Waals surface area (Å²) in [6.07, 6.45) is 0. The SMILES string of the molecule is CC(NC1CSCc2ccccc21)c1ccsc1. The first kappa shape index (κ1) is 12.3. The van der Waals surface area contributed by atoms with Crippen molar-refractivity contribution >= 4 is 23.1 Å². The lowest BCUT2D eigenvalue weighted by Gasteiger charge is -2.28. The average Bonchev–Trinajstić information content (AvgIpc) is 2.93. The molecule has 0 aliphatic carbocycles. The van der Waals surface area contributed by atoms with Gasteiger partial charge in [-0.3, -0.25) is 0 Å². The zero-order valence-electron chi connectivity index (χ0n) is 10.4. The zero-order chi connectivity index (χ0) is 12.4. The number of thioether (sulfide) groups is 1. The molecule has 0 saturated heterocycles. The first-order valence-electron chi connectivity index (χ1n) is 6.28. The van der Waals surface area contributed by atoms with E-state index in [9.17, 15) is 0 Å². The number of benzene rings is 1. The summed E-state index contributed by atoms with van der Waals surface area (Å²) in [4.78, 5) is 0. The Morgan fingerprint density at radius 2 is 2.17 bits per heavy atom. The van der Waals surface area contributed by atoms with Gasteiger partial charge in [0.1, 0.15) is 0 Å². The predicted octanol–water partition coefficient (Wildman–Crippen LogP) is 4.39. The number of fused-ring (bicyclic) bond motifs is 1. The smallest absolute Gasteiger partial charge is 0.0419 e. The van der Waals surface area contributed by atoms with Crippen LogP contribution in [0.3, 0.4) is 0 Å². The zero-order valence-corrected chi connectivity index (χ0v) is 12.1. The topological polar surface area (TPSA) is 12.0 Å². The molecule has 0 spiro atoms. The maximum Gasteiger partial charge on any atom is 0.0419 e. The average molecular weight is 275 g/mol. The molecular formula is C15H17NS2. The normalized spacial score (nSPS) is 20.4.